The monoisotopic (exact) mass is 396 g/mol. The molecule has 0 unspecified atom stereocenters. The summed E-state index contributed by atoms with van der Waals surface area (Å²) in [6.07, 6.45) is 2.85. The minimum Gasteiger partial charge on any atom is -0.505 e. The summed E-state index contributed by atoms with van der Waals surface area (Å²) in [5, 5.41) is 18.6. The molecule has 0 atom stereocenters. The highest BCUT2D eigenvalue weighted by Gasteiger charge is 2.19. The Kier molecular flexibility index (Phi) is 5.25. The van der Waals surface area contributed by atoms with Gasteiger partial charge in [-0.1, -0.05) is 66.7 Å². The number of benzene rings is 2. The zero-order valence-electron chi connectivity index (χ0n) is 15.7. The Hall–Kier alpha value is -4.39. The van der Waals surface area contributed by atoms with Crippen LogP contribution in [-0.4, -0.2) is 20.3 Å². The van der Waals surface area contributed by atoms with Crippen molar-refractivity contribution in [1.29, 1.82) is 0 Å². The fourth-order valence-corrected chi connectivity index (χ4v) is 2.85. The Labute approximate surface area is 171 Å². The van der Waals surface area contributed by atoms with Crippen LogP contribution in [0.2, 0.25) is 0 Å². The van der Waals surface area contributed by atoms with Gasteiger partial charge in [-0.2, -0.15) is 0 Å². The molecule has 0 amide bonds. The van der Waals surface area contributed by atoms with Gasteiger partial charge in [-0.3, -0.25) is 14.0 Å². The summed E-state index contributed by atoms with van der Waals surface area (Å²) in [6, 6.07) is 22.1. The van der Waals surface area contributed by atoms with Gasteiger partial charge in [0.15, 0.2) is 17.1 Å². The summed E-state index contributed by atoms with van der Waals surface area (Å²) < 4.78 is 1.33. The number of ketones is 1. The number of aliphatic hydroxyl groups is 1. The number of aromatic nitrogens is 2. The Morgan fingerprint density at radius 3 is 2.20 bits per heavy atom. The molecule has 2 heterocycles. The standard InChI is InChI=1S/C23H16N4O3/c28-21(16-9-3-1-4-10-16)20(22(29)17-11-5-2-6-12-17)26-25-18-15-24-19-13-7-8-14-27(19)23(18)30/h1-15,28H/b21-20-,26-25?. The van der Waals surface area contributed by atoms with Gasteiger partial charge in [0.1, 0.15) is 5.65 Å². The second-order valence-corrected chi connectivity index (χ2v) is 6.34. The van der Waals surface area contributed by atoms with Crippen molar-refractivity contribution >= 4 is 22.9 Å². The first-order valence-corrected chi connectivity index (χ1v) is 9.12. The van der Waals surface area contributed by atoms with Gasteiger partial charge in [-0.25, -0.2) is 4.98 Å². The summed E-state index contributed by atoms with van der Waals surface area (Å²) in [5.74, 6) is -0.850. The predicted molar refractivity (Wildman–Crippen MR) is 113 cm³/mol. The summed E-state index contributed by atoms with van der Waals surface area (Å²) in [6.45, 7) is 0. The SMILES string of the molecule is O=C(/C(N=Nc1cnc2ccccn2c1=O)=C(/O)c1ccccc1)c1ccccc1. The molecule has 0 aliphatic carbocycles. The van der Waals surface area contributed by atoms with Crippen molar-refractivity contribution in [1.82, 2.24) is 9.38 Å². The second kappa shape index (κ2) is 8.32. The maximum absolute atomic E-state index is 13.0. The van der Waals surface area contributed by atoms with Gasteiger partial charge in [-0.05, 0) is 12.1 Å². The number of aliphatic hydroxyl groups excluding tert-OH is 1. The van der Waals surface area contributed by atoms with Crippen molar-refractivity contribution in [3.8, 4) is 0 Å². The van der Waals surface area contributed by atoms with Gasteiger partial charge < -0.3 is 5.11 Å². The van der Waals surface area contributed by atoms with Crippen LogP contribution in [-0.2, 0) is 0 Å². The van der Waals surface area contributed by atoms with Crippen LogP contribution in [0, 0.1) is 0 Å². The molecular formula is C23H16N4O3. The lowest BCUT2D eigenvalue weighted by Gasteiger charge is -2.06. The third-order valence-corrected chi connectivity index (χ3v) is 4.38. The number of carbonyl (C=O) groups is 1. The van der Waals surface area contributed by atoms with E-state index in [4.69, 9.17) is 0 Å². The van der Waals surface area contributed by atoms with Crippen LogP contribution in [0.3, 0.4) is 0 Å². The predicted octanol–water partition coefficient (Wildman–Crippen LogP) is 4.59. The number of fused-ring (bicyclic) bond motifs is 1. The average molecular weight is 396 g/mol. The van der Waals surface area contributed by atoms with Crippen molar-refractivity contribution in [2.75, 3.05) is 0 Å². The lowest BCUT2D eigenvalue weighted by Crippen LogP contribution is -2.13. The van der Waals surface area contributed by atoms with E-state index >= 15 is 0 Å². The third-order valence-electron chi connectivity index (χ3n) is 4.38. The molecule has 7 heteroatoms. The van der Waals surface area contributed by atoms with Crippen LogP contribution >= 0.6 is 0 Å². The van der Waals surface area contributed by atoms with Crippen LogP contribution in [0.15, 0.2) is 112 Å². The molecule has 0 saturated heterocycles. The zero-order chi connectivity index (χ0) is 20.9. The fourth-order valence-electron chi connectivity index (χ4n) is 2.85. The first kappa shape index (κ1) is 18.9. The Bertz CT molecular complexity index is 1330. The van der Waals surface area contributed by atoms with Crippen molar-refractivity contribution in [2.45, 2.75) is 0 Å². The van der Waals surface area contributed by atoms with E-state index in [1.807, 2.05) is 0 Å². The number of carbonyl (C=O) groups excluding carboxylic acids is 1. The highest BCUT2D eigenvalue weighted by atomic mass is 16.3. The van der Waals surface area contributed by atoms with E-state index in [0.29, 0.717) is 16.8 Å². The van der Waals surface area contributed by atoms with Crippen LogP contribution in [0.4, 0.5) is 5.69 Å². The topological polar surface area (TPSA) is 96.4 Å². The number of azo groups is 1. The molecule has 146 valence electrons. The molecule has 2 aromatic heterocycles. The molecule has 4 rings (SSSR count). The number of pyridine rings is 1. The van der Waals surface area contributed by atoms with E-state index in [-0.39, 0.29) is 17.1 Å². The number of hydrogen-bond acceptors (Lipinski definition) is 6. The van der Waals surface area contributed by atoms with Crippen molar-refractivity contribution < 1.29 is 9.90 Å². The van der Waals surface area contributed by atoms with Crippen LogP contribution in [0.5, 0.6) is 0 Å². The maximum Gasteiger partial charge on any atom is 0.285 e. The molecule has 2 aromatic carbocycles. The summed E-state index contributed by atoms with van der Waals surface area (Å²) >= 11 is 0. The van der Waals surface area contributed by atoms with Gasteiger partial charge in [0.05, 0.1) is 6.20 Å². The number of nitrogens with zero attached hydrogens (tertiary/aromatic N) is 4. The summed E-state index contributed by atoms with van der Waals surface area (Å²) in [7, 11) is 0. The molecule has 0 radical (unpaired) electrons. The minimum absolute atomic E-state index is 0.0575. The van der Waals surface area contributed by atoms with Gasteiger partial charge >= 0.3 is 0 Å². The lowest BCUT2D eigenvalue weighted by atomic mass is 10.1. The molecule has 4 aromatic rings. The van der Waals surface area contributed by atoms with Crippen molar-refractivity contribution in [3.63, 3.8) is 0 Å². The number of allylic oxidation sites excluding steroid dienone is 1. The lowest BCUT2D eigenvalue weighted by molar-refractivity contribution is 0.103. The van der Waals surface area contributed by atoms with Crippen molar-refractivity contribution in [3.05, 3.63) is 118 Å². The first-order valence-electron chi connectivity index (χ1n) is 9.12. The Balaban J connectivity index is 1.82. The molecule has 0 aliphatic heterocycles. The smallest absolute Gasteiger partial charge is 0.285 e. The fraction of sp³-hybridized carbons (Fsp3) is 0. The summed E-state index contributed by atoms with van der Waals surface area (Å²) in [5.41, 5.74) is 0.439. The number of hydrogen-bond donors (Lipinski definition) is 1. The van der Waals surface area contributed by atoms with E-state index in [9.17, 15) is 14.7 Å². The largest absolute Gasteiger partial charge is 0.505 e. The molecule has 7 nitrogen and oxygen atoms in total. The van der Waals surface area contributed by atoms with Gasteiger partial charge in [-0.15, -0.1) is 10.2 Å². The molecule has 0 saturated carbocycles. The highest BCUT2D eigenvalue weighted by Crippen LogP contribution is 2.22. The van der Waals surface area contributed by atoms with Crippen molar-refractivity contribution in [2.24, 2.45) is 10.2 Å². The Morgan fingerprint density at radius 2 is 1.50 bits per heavy atom. The van der Waals surface area contributed by atoms with E-state index < -0.39 is 11.3 Å². The molecule has 30 heavy (non-hydrogen) atoms. The van der Waals surface area contributed by atoms with Gasteiger partial charge in [0.2, 0.25) is 5.78 Å². The normalized spacial score (nSPS) is 12.1. The first-order chi connectivity index (χ1) is 14.6. The molecule has 0 spiro atoms. The quantitative estimate of drug-likeness (QED) is 0.231. The minimum atomic E-state index is -0.519. The van der Waals surface area contributed by atoms with Gasteiger partial charge in [0.25, 0.3) is 5.56 Å². The van der Waals surface area contributed by atoms with Crippen LogP contribution in [0.1, 0.15) is 15.9 Å². The second-order valence-electron chi connectivity index (χ2n) is 6.34. The van der Waals surface area contributed by atoms with E-state index in [1.54, 1.807) is 85.1 Å². The average Bonchev–Trinajstić information content (AvgIpc) is 2.81. The molecule has 1 N–H and O–H groups in total. The van der Waals surface area contributed by atoms with E-state index in [0.717, 1.165) is 0 Å². The third kappa shape index (κ3) is 3.77. The number of rotatable bonds is 5. The maximum atomic E-state index is 13.0. The van der Waals surface area contributed by atoms with E-state index in [2.05, 4.69) is 15.2 Å². The molecule has 0 fully saturated rings. The summed E-state index contributed by atoms with van der Waals surface area (Å²) in [4.78, 5) is 29.8. The Morgan fingerprint density at radius 1 is 0.867 bits per heavy atom. The molecule has 0 aliphatic rings. The van der Waals surface area contributed by atoms with Crippen LogP contribution in [0.25, 0.3) is 11.4 Å². The van der Waals surface area contributed by atoms with Crippen LogP contribution < -0.4 is 5.56 Å². The highest BCUT2D eigenvalue weighted by molar-refractivity contribution is 6.12. The van der Waals surface area contributed by atoms with Gasteiger partial charge in [0, 0.05) is 17.3 Å². The molecular weight excluding hydrogens is 380 g/mol. The number of Topliss-reactive ketones (excluding diaryl/α,β-unsaturated/α-hetero) is 1. The van der Waals surface area contributed by atoms with E-state index in [1.165, 1.54) is 10.6 Å². The molecule has 0 bridgehead atoms. The zero-order valence-corrected chi connectivity index (χ0v) is 15.7.